The second kappa shape index (κ2) is 5.30. The molecule has 1 amide bonds. The van der Waals surface area contributed by atoms with Gasteiger partial charge in [0.2, 0.25) is 11.7 Å². The monoisotopic (exact) mass is 261 g/mol. The van der Waals surface area contributed by atoms with Gasteiger partial charge in [-0.1, -0.05) is 17.3 Å². The largest absolute Gasteiger partial charge is 0.480 e. The first-order valence-corrected chi connectivity index (χ1v) is 5.47. The molecule has 1 heterocycles. The summed E-state index contributed by atoms with van der Waals surface area (Å²) in [5, 5.41) is 14.5. The molecule has 0 spiro atoms. The molecule has 2 rings (SSSR count). The molecular formula is C12H11N3O4. The lowest BCUT2D eigenvalue weighted by Crippen LogP contribution is -2.29. The summed E-state index contributed by atoms with van der Waals surface area (Å²) in [6, 6.07) is 6.47. The Morgan fingerprint density at radius 1 is 1.32 bits per heavy atom. The standard InChI is InChI=1S/C12H11N3O4/c1-7-14-11(15-19-7)8-2-4-9(5-3-8)12(18)13-6-10(16)17/h2-5H,6H2,1H3,(H,13,18)(H,16,17). The molecule has 7 nitrogen and oxygen atoms in total. The van der Waals surface area contributed by atoms with E-state index in [-0.39, 0.29) is 0 Å². The molecule has 19 heavy (non-hydrogen) atoms. The molecule has 2 N–H and O–H groups in total. The van der Waals surface area contributed by atoms with Gasteiger partial charge in [0.1, 0.15) is 6.54 Å². The van der Waals surface area contributed by atoms with Gasteiger partial charge in [0.25, 0.3) is 5.91 Å². The quantitative estimate of drug-likeness (QED) is 0.845. The Morgan fingerprint density at radius 2 is 2.00 bits per heavy atom. The fourth-order valence-corrected chi connectivity index (χ4v) is 1.45. The maximum atomic E-state index is 11.6. The van der Waals surface area contributed by atoms with E-state index in [2.05, 4.69) is 15.5 Å². The third kappa shape index (κ3) is 3.15. The van der Waals surface area contributed by atoms with E-state index in [1.54, 1.807) is 31.2 Å². The van der Waals surface area contributed by atoms with E-state index in [1.165, 1.54) is 0 Å². The first kappa shape index (κ1) is 12.7. The van der Waals surface area contributed by atoms with E-state index in [9.17, 15) is 9.59 Å². The molecule has 0 aliphatic rings. The molecule has 7 heteroatoms. The van der Waals surface area contributed by atoms with Crippen LogP contribution < -0.4 is 5.32 Å². The minimum Gasteiger partial charge on any atom is -0.480 e. The molecule has 0 unspecified atom stereocenters. The highest BCUT2D eigenvalue weighted by Gasteiger charge is 2.09. The number of amides is 1. The molecule has 0 saturated heterocycles. The Morgan fingerprint density at radius 3 is 2.53 bits per heavy atom. The van der Waals surface area contributed by atoms with Crippen LogP contribution in [0.2, 0.25) is 0 Å². The molecule has 0 aliphatic carbocycles. The lowest BCUT2D eigenvalue weighted by Gasteiger charge is -2.02. The maximum absolute atomic E-state index is 11.6. The Labute approximate surface area is 108 Å². The van der Waals surface area contributed by atoms with Crippen LogP contribution in [0.4, 0.5) is 0 Å². The third-order valence-electron chi connectivity index (χ3n) is 2.33. The highest BCUT2D eigenvalue weighted by molar-refractivity contribution is 5.96. The molecule has 1 aromatic carbocycles. The molecule has 0 saturated carbocycles. The van der Waals surface area contributed by atoms with Crippen LogP contribution in [-0.4, -0.2) is 33.7 Å². The van der Waals surface area contributed by atoms with Crippen LogP contribution in [0.15, 0.2) is 28.8 Å². The van der Waals surface area contributed by atoms with Crippen molar-refractivity contribution < 1.29 is 19.2 Å². The average molecular weight is 261 g/mol. The Kier molecular flexibility index (Phi) is 3.56. The number of nitrogens with one attached hydrogen (secondary N) is 1. The van der Waals surface area contributed by atoms with Crippen molar-refractivity contribution in [1.29, 1.82) is 0 Å². The van der Waals surface area contributed by atoms with Gasteiger partial charge in [-0.05, 0) is 12.1 Å². The average Bonchev–Trinajstić information content (AvgIpc) is 2.83. The summed E-state index contributed by atoms with van der Waals surface area (Å²) >= 11 is 0. The molecular weight excluding hydrogens is 250 g/mol. The van der Waals surface area contributed by atoms with E-state index in [4.69, 9.17) is 9.63 Å². The van der Waals surface area contributed by atoms with Crippen molar-refractivity contribution >= 4 is 11.9 Å². The highest BCUT2D eigenvalue weighted by atomic mass is 16.5. The lowest BCUT2D eigenvalue weighted by atomic mass is 10.1. The number of hydrogen-bond acceptors (Lipinski definition) is 5. The predicted octanol–water partition coefficient (Wildman–Crippen LogP) is 0.859. The Bertz CT molecular complexity index is 604. The van der Waals surface area contributed by atoms with Crippen molar-refractivity contribution in [2.24, 2.45) is 0 Å². The summed E-state index contributed by atoms with van der Waals surface area (Å²) in [4.78, 5) is 26.0. The van der Waals surface area contributed by atoms with E-state index in [0.29, 0.717) is 22.8 Å². The third-order valence-corrected chi connectivity index (χ3v) is 2.33. The van der Waals surface area contributed by atoms with Crippen molar-refractivity contribution in [3.63, 3.8) is 0 Å². The van der Waals surface area contributed by atoms with Gasteiger partial charge in [-0.15, -0.1) is 0 Å². The van der Waals surface area contributed by atoms with Gasteiger partial charge in [0.15, 0.2) is 0 Å². The molecule has 0 aliphatic heterocycles. The smallest absolute Gasteiger partial charge is 0.322 e. The molecule has 0 fully saturated rings. The number of benzene rings is 1. The summed E-state index contributed by atoms with van der Waals surface area (Å²) in [6.45, 7) is 1.27. The van der Waals surface area contributed by atoms with Crippen LogP contribution in [0.3, 0.4) is 0 Å². The first-order valence-electron chi connectivity index (χ1n) is 5.47. The molecule has 0 radical (unpaired) electrons. The minimum atomic E-state index is -1.09. The number of carbonyl (C=O) groups is 2. The summed E-state index contributed by atoms with van der Waals surface area (Å²) in [7, 11) is 0. The van der Waals surface area contributed by atoms with Gasteiger partial charge in [-0.2, -0.15) is 4.98 Å². The summed E-state index contributed by atoms with van der Waals surface area (Å²) in [5.41, 5.74) is 1.08. The number of aromatic nitrogens is 2. The van der Waals surface area contributed by atoms with Gasteiger partial charge >= 0.3 is 5.97 Å². The number of aryl methyl sites for hydroxylation is 1. The number of carboxylic acid groups (broad SMARTS) is 1. The Balaban J connectivity index is 2.10. The normalized spacial score (nSPS) is 10.2. The van der Waals surface area contributed by atoms with Crippen LogP contribution in [-0.2, 0) is 4.79 Å². The Hall–Kier alpha value is -2.70. The zero-order valence-electron chi connectivity index (χ0n) is 10.1. The second-order valence-corrected chi connectivity index (χ2v) is 3.79. The van der Waals surface area contributed by atoms with Crippen molar-refractivity contribution in [2.45, 2.75) is 6.92 Å². The van der Waals surface area contributed by atoms with Crippen molar-refractivity contribution in [2.75, 3.05) is 6.54 Å². The fraction of sp³-hybridized carbons (Fsp3) is 0.167. The number of nitrogens with zero attached hydrogens (tertiary/aromatic N) is 2. The van der Waals surface area contributed by atoms with Crippen molar-refractivity contribution in [3.8, 4) is 11.4 Å². The topological polar surface area (TPSA) is 105 Å². The predicted molar refractivity (Wildman–Crippen MR) is 64.4 cm³/mol. The van der Waals surface area contributed by atoms with Crippen LogP contribution in [0, 0.1) is 6.92 Å². The fourth-order valence-electron chi connectivity index (χ4n) is 1.45. The van der Waals surface area contributed by atoms with Crippen LogP contribution in [0.25, 0.3) is 11.4 Å². The lowest BCUT2D eigenvalue weighted by molar-refractivity contribution is -0.135. The minimum absolute atomic E-state index is 0.366. The number of carbonyl (C=O) groups excluding carboxylic acids is 1. The zero-order chi connectivity index (χ0) is 13.8. The number of hydrogen-bond donors (Lipinski definition) is 2. The zero-order valence-corrected chi connectivity index (χ0v) is 10.1. The number of carboxylic acids is 1. The van der Waals surface area contributed by atoms with Crippen LogP contribution >= 0.6 is 0 Å². The van der Waals surface area contributed by atoms with Crippen LogP contribution in [0.1, 0.15) is 16.2 Å². The number of aliphatic carboxylic acids is 1. The summed E-state index contributed by atoms with van der Waals surface area (Å²) in [6.07, 6.45) is 0. The van der Waals surface area contributed by atoms with Gasteiger partial charge in [0.05, 0.1) is 0 Å². The molecule has 98 valence electrons. The summed E-state index contributed by atoms with van der Waals surface area (Å²) in [5.74, 6) is -0.640. The molecule has 0 bridgehead atoms. The molecule has 1 aromatic heterocycles. The van der Waals surface area contributed by atoms with Gasteiger partial charge in [-0.25, -0.2) is 0 Å². The van der Waals surface area contributed by atoms with Crippen molar-refractivity contribution in [3.05, 3.63) is 35.7 Å². The van der Waals surface area contributed by atoms with Gasteiger partial charge in [-0.3, -0.25) is 9.59 Å². The second-order valence-electron chi connectivity index (χ2n) is 3.79. The first-order chi connectivity index (χ1) is 9.06. The summed E-state index contributed by atoms with van der Waals surface area (Å²) < 4.78 is 4.86. The highest BCUT2D eigenvalue weighted by Crippen LogP contribution is 2.16. The van der Waals surface area contributed by atoms with E-state index >= 15 is 0 Å². The molecule has 2 aromatic rings. The number of rotatable bonds is 4. The van der Waals surface area contributed by atoms with E-state index in [1.807, 2.05) is 0 Å². The molecule has 0 atom stereocenters. The van der Waals surface area contributed by atoms with Crippen LogP contribution in [0.5, 0.6) is 0 Å². The van der Waals surface area contributed by atoms with Gasteiger partial charge in [0, 0.05) is 18.1 Å². The maximum Gasteiger partial charge on any atom is 0.322 e. The van der Waals surface area contributed by atoms with E-state index < -0.39 is 18.4 Å². The van der Waals surface area contributed by atoms with Gasteiger partial charge < -0.3 is 14.9 Å². The van der Waals surface area contributed by atoms with Crippen molar-refractivity contribution in [1.82, 2.24) is 15.5 Å². The SMILES string of the molecule is Cc1nc(-c2ccc(C(=O)NCC(=O)O)cc2)no1. The van der Waals surface area contributed by atoms with E-state index in [0.717, 1.165) is 0 Å².